The lowest BCUT2D eigenvalue weighted by Crippen LogP contribution is -2.54. The van der Waals surface area contributed by atoms with Crippen LogP contribution in [0, 0.1) is 5.92 Å². The molecule has 2 N–H and O–H groups in total. The van der Waals surface area contributed by atoms with Crippen LogP contribution in [0.5, 0.6) is 0 Å². The predicted molar refractivity (Wildman–Crippen MR) is 78.5 cm³/mol. The molecule has 0 bridgehead atoms. The minimum absolute atomic E-state index is 0.121. The minimum atomic E-state index is -0.779. The van der Waals surface area contributed by atoms with Crippen LogP contribution in [0.2, 0.25) is 0 Å². The standard InChI is InChI=1S/C15H25N3O3/c1-3-4-9-16-12(19)10-18-13(20)15(17-14(18)21)8-6-5-7-11(15)2/h11H,3-10H2,1-2H3,(H,16,19)(H,17,21). The number of rotatable bonds is 5. The van der Waals surface area contributed by atoms with Gasteiger partial charge in [-0.15, -0.1) is 0 Å². The summed E-state index contributed by atoms with van der Waals surface area (Å²) in [6, 6.07) is -0.431. The van der Waals surface area contributed by atoms with Gasteiger partial charge in [-0.2, -0.15) is 0 Å². The van der Waals surface area contributed by atoms with E-state index in [1.807, 2.05) is 13.8 Å². The van der Waals surface area contributed by atoms with Gasteiger partial charge in [-0.3, -0.25) is 14.5 Å². The molecule has 0 aromatic carbocycles. The highest BCUT2D eigenvalue weighted by atomic mass is 16.2. The van der Waals surface area contributed by atoms with Gasteiger partial charge >= 0.3 is 6.03 Å². The van der Waals surface area contributed by atoms with E-state index in [9.17, 15) is 14.4 Å². The summed E-state index contributed by atoms with van der Waals surface area (Å²) in [6.45, 7) is 4.45. The van der Waals surface area contributed by atoms with Gasteiger partial charge in [0.25, 0.3) is 5.91 Å². The molecule has 0 radical (unpaired) electrons. The average Bonchev–Trinajstić information content (AvgIpc) is 2.68. The Bertz CT molecular complexity index is 438. The number of amides is 4. The summed E-state index contributed by atoms with van der Waals surface area (Å²) in [5.74, 6) is -0.381. The molecule has 2 rings (SSSR count). The molecular formula is C15H25N3O3. The van der Waals surface area contributed by atoms with Crippen molar-refractivity contribution in [3.8, 4) is 0 Å². The fourth-order valence-electron chi connectivity index (χ4n) is 3.24. The van der Waals surface area contributed by atoms with Gasteiger partial charge in [0, 0.05) is 6.54 Å². The normalized spacial score (nSPS) is 28.9. The van der Waals surface area contributed by atoms with Crippen LogP contribution in [0.25, 0.3) is 0 Å². The molecule has 1 saturated carbocycles. The summed E-state index contributed by atoms with van der Waals surface area (Å²) < 4.78 is 0. The lowest BCUT2D eigenvalue weighted by Gasteiger charge is -2.36. The molecule has 1 saturated heterocycles. The van der Waals surface area contributed by atoms with Crippen LogP contribution in [0.4, 0.5) is 4.79 Å². The highest BCUT2D eigenvalue weighted by Crippen LogP contribution is 2.37. The number of nitrogens with zero attached hydrogens (tertiary/aromatic N) is 1. The fraction of sp³-hybridized carbons (Fsp3) is 0.800. The summed E-state index contributed by atoms with van der Waals surface area (Å²) in [7, 11) is 0. The zero-order chi connectivity index (χ0) is 15.5. The zero-order valence-corrected chi connectivity index (χ0v) is 12.9. The number of urea groups is 1. The maximum Gasteiger partial charge on any atom is 0.325 e. The second kappa shape index (κ2) is 6.45. The fourth-order valence-corrected chi connectivity index (χ4v) is 3.24. The van der Waals surface area contributed by atoms with Crippen molar-refractivity contribution in [1.29, 1.82) is 0 Å². The van der Waals surface area contributed by atoms with Crippen molar-refractivity contribution in [2.75, 3.05) is 13.1 Å². The van der Waals surface area contributed by atoms with Crippen molar-refractivity contribution in [3.63, 3.8) is 0 Å². The molecule has 1 spiro atoms. The lowest BCUT2D eigenvalue weighted by atomic mass is 9.73. The van der Waals surface area contributed by atoms with Gasteiger partial charge in [0.2, 0.25) is 5.91 Å². The quantitative estimate of drug-likeness (QED) is 0.594. The summed E-state index contributed by atoms with van der Waals surface area (Å²) in [5, 5.41) is 5.59. The van der Waals surface area contributed by atoms with Crippen molar-refractivity contribution in [2.45, 2.75) is 57.9 Å². The number of hydrogen-bond donors (Lipinski definition) is 2. The second-order valence-corrected chi connectivity index (χ2v) is 6.14. The molecule has 6 nitrogen and oxygen atoms in total. The van der Waals surface area contributed by atoms with E-state index in [0.717, 1.165) is 37.0 Å². The Morgan fingerprint density at radius 1 is 1.43 bits per heavy atom. The van der Waals surface area contributed by atoms with Crippen LogP contribution < -0.4 is 10.6 Å². The smallest absolute Gasteiger partial charge is 0.325 e. The number of carbonyl (C=O) groups is 3. The zero-order valence-electron chi connectivity index (χ0n) is 12.9. The number of nitrogens with one attached hydrogen (secondary N) is 2. The number of imide groups is 1. The van der Waals surface area contributed by atoms with Gasteiger partial charge in [-0.1, -0.05) is 33.1 Å². The first-order chi connectivity index (χ1) is 10.0. The van der Waals surface area contributed by atoms with Gasteiger partial charge < -0.3 is 10.6 Å². The van der Waals surface area contributed by atoms with E-state index in [-0.39, 0.29) is 24.3 Å². The summed E-state index contributed by atoms with van der Waals surface area (Å²) in [6.07, 6.45) is 5.52. The Labute approximate surface area is 125 Å². The third-order valence-electron chi connectivity index (χ3n) is 4.66. The molecule has 4 amide bonds. The van der Waals surface area contributed by atoms with Crippen LogP contribution in [-0.4, -0.2) is 41.4 Å². The third-order valence-corrected chi connectivity index (χ3v) is 4.66. The number of hydrogen-bond acceptors (Lipinski definition) is 3. The molecule has 0 aromatic heterocycles. The van der Waals surface area contributed by atoms with Crippen molar-refractivity contribution in [2.24, 2.45) is 5.92 Å². The Kier molecular flexibility index (Phi) is 4.85. The maximum absolute atomic E-state index is 12.6. The van der Waals surface area contributed by atoms with Crippen LogP contribution in [0.3, 0.4) is 0 Å². The first-order valence-electron chi connectivity index (χ1n) is 7.92. The predicted octanol–water partition coefficient (Wildman–Crippen LogP) is 1.40. The highest BCUT2D eigenvalue weighted by molar-refractivity contribution is 6.09. The molecule has 2 atom stereocenters. The molecule has 6 heteroatoms. The van der Waals surface area contributed by atoms with Crippen molar-refractivity contribution in [1.82, 2.24) is 15.5 Å². The first kappa shape index (κ1) is 15.8. The van der Waals surface area contributed by atoms with Crippen LogP contribution in [0.1, 0.15) is 52.4 Å². The molecular weight excluding hydrogens is 270 g/mol. The number of carbonyl (C=O) groups excluding carboxylic acids is 3. The maximum atomic E-state index is 12.6. The molecule has 2 unspecified atom stereocenters. The van der Waals surface area contributed by atoms with E-state index in [1.54, 1.807) is 0 Å². The molecule has 118 valence electrons. The minimum Gasteiger partial charge on any atom is -0.355 e. The van der Waals surface area contributed by atoms with Gasteiger partial charge in [0.05, 0.1) is 0 Å². The van der Waals surface area contributed by atoms with Gasteiger partial charge in [-0.05, 0) is 25.2 Å². The monoisotopic (exact) mass is 295 g/mol. The van der Waals surface area contributed by atoms with E-state index in [4.69, 9.17) is 0 Å². The molecule has 1 aliphatic heterocycles. The largest absolute Gasteiger partial charge is 0.355 e. The van der Waals surface area contributed by atoms with Crippen LogP contribution in [-0.2, 0) is 9.59 Å². The van der Waals surface area contributed by atoms with Gasteiger partial charge in [0.1, 0.15) is 12.1 Å². The first-order valence-corrected chi connectivity index (χ1v) is 7.92. The van der Waals surface area contributed by atoms with Crippen LogP contribution >= 0.6 is 0 Å². The second-order valence-electron chi connectivity index (χ2n) is 6.14. The Hall–Kier alpha value is -1.59. The van der Waals surface area contributed by atoms with Gasteiger partial charge in [-0.25, -0.2) is 4.79 Å². The van der Waals surface area contributed by atoms with E-state index in [1.165, 1.54) is 0 Å². The van der Waals surface area contributed by atoms with Crippen molar-refractivity contribution >= 4 is 17.8 Å². The van der Waals surface area contributed by atoms with Crippen LogP contribution in [0.15, 0.2) is 0 Å². The van der Waals surface area contributed by atoms with E-state index < -0.39 is 11.6 Å². The third kappa shape index (κ3) is 3.04. The molecule has 2 fully saturated rings. The lowest BCUT2D eigenvalue weighted by molar-refractivity contribution is -0.137. The van der Waals surface area contributed by atoms with E-state index in [2.05, 4.69) is 10.6 Å². The van der Waals surface area contributed by atoms with Crippen molar-refractivity contribution < 1.29 is 14.4 Å². The van der Waals surface area contributed by atoms with E-state index >= 15 is 0 Å². The summed E-state index contributed by atoms with van der Waals surface area (Å²) >= 11 is 0. The Morgan fingerprint density at radius 3 is 2.86 bits per heavy atom. The van der Waals surface area contributed by atoms with Gasteiger partial charge in [0.15, 0.2) is 0 Å². The molecule has 2 aliphatic rings. The topological polar surface area (TPSA) is 78.5 Å². The molecule has 0 aromatic rings. The number of unbranched alkanes of at least 4 members (excludes halogenated alkanes) is 1. The highest BCUT2D eigenvalue weighted by Gasteiger charge is 2.55. The Morgan fingerprint density at radius 2 is 2.19 bits per heavy atom. The molecule has 21 heavy (non-hydrogen) atoms. The molecule has 1 heterocycles. The SMILES string of the molecule is CCCCNC(=O)CN1C(=O)NC2(CCCCC2C)C1=O. The average molecular weight is 295 g/mol. The molecule has 1 aliphatic carbocycles. The van der Waals surface area contributed by atoms with Crippen molar-refractivity contribution in [3.05, 3.63) is 0 Å². The Balaban J connectivity index is 2.00. The summed E-state index contributed by atoms with van der Waals surface area (Å²) in [5.41, 5.74) is -0.779. The summed E-state index contributed by atoms with van der Waals surface area (Å²) in [4.78, 5) is 37.6. The van der Waals surface area contributed by atoms with E-state index in [0.29, 0.717) is 13.0 Å².